The number of amides is 2. The van der Waals surface area contributed by atoms with E-state index in [1.165, 1.54) is 12.8 Å². The van der Waals surface area contributed by atoms with Crippen LogP contribution >= 0.6 is 0 Å². The van der Waals surface area contributed by atoms with Crippen LogP contribution in [0.2, 0.25) is 0 Å². The Morgan fingerprint density at radius 1 is 0.806 bits per heavy atom. The first kappa shape index (κ1) is 23.9. The molecule has 7 nitrogen and oxygen atoms in total. The summed E-state index contributed by atoms with van der Waals surface area (Å²) in [6, 6.07) is 20.5. The Hall–Kier alpha value is -3.84. The number of ether oxygens (including phenoxy) is 3. The standard InChI is InChI=1S/C29H30N2O5/c1-19-9-10-20(2)30(19)15-16-35-26-14-11-21(17-27(26)34-3)31-28(32)24-13-12-23(18-25(24)29(31)33)36-22-7-5-4-6-8-22/h4-8,11-14,17-20H,9-10,15-16H2,1-3H3. The highest BCUT2D eigenvalue weighted by Gasteiger charge is 2.37. The second-order valence-electron chi connectivity index (χ2n) is 9.27. The number of fused-ring (bicyclic) bond motifs is 1. The van der Waals surface area contributed by atoms with Crippen molar-refractivity contribution in [2.24, 2.45) is 0 Å². The summed E-state index contributed by atoms with van der Waals surface area (Å²) in [6.07, 6.45) is 2.42. The van der Waals surface area contributed by atoms with E-state index in [1.54, 1.807) is 43.5 Å². The van der Waals surface area contributed by atoms with Crippen molar-refractivity contribution in [2.75, 3.05) is 25.2 Å². The third kappa shape index (κ3) is 4.54. The Labute approximate surface area is 211 Å². The van der Waals surface area contributed by atoms with Gasteiger partial charge in [-0.3, -0.25) is 14.5 Å². The third-order valence-electron chi connectivity index (χ3n) is 6.98. The summed E-state index contributed by atoms with van der Waals surface area (Å²) >= 11 is 0. The van der Waals surface area contributed by atoms with E-state index < -0.39 is 5.91 Å². The minimum Gasteiger partial charge on any atom is -0.493 e. The molecule has 0 N–H and O–H groups in total. The SMILES string of the molecule is COc1cc(N2C(=O)c3ccc(Oc4ccccc4)cc3C2=O)ccc1OCCN1C(C)CCC1C. The number of rotatable bonds is 8. The largest absolute Gasteiger partial charge is 0.493 e. The quantitative estimate of drug-likeness (QED) is 0.390. The van der Waals surface area contributed by atoms with Gasteiger partial charge in [0.25, 0.3) is 11.8 Å². The van der Waals surface area contributed by atoms with Crippen molar-refractivity contribution in [3.8, 4) is 23.0 Å². The molecule has 1 saturated heterocycles. The van der Waals surface area contributed by atoms with Gasteiger partial charge in [0.2, 0.25) is 0 Å². The average Bonchev–Trinajstić information content (AvgIpc) is 3.34. The van der Waals surface area contributed by atoms with E-state index in [-0.39, 0.29) is 5.91 Å². The highest BCUT2D eigenvalue weighted by molar-refractivity contribution is 6.34. The maximum atomic E-state index is 13.2. The predicted octanol–water partition coefficient (Wildman–Crippen LogP) is 5.54. The van der Waals surface area contributed by atoms with Crippen molar-refractivity contribution in [3.05, 3.63) is 77.9 Å². The van der Waals surface area contributed by atoms with Crippen LogP contribution in [0.5, 0.6) is 23.0 Å². The molecule has 186 valence electrons. The van der Waals surface area contributed by atoms with Gasteiger partial charge in [-0.25, -0.2) is 4.90 Å². The maximum absolute atomic E-state index is 13.2. The molecule has 2 heterocycles. The Kier molecular flexibility index (Phi) is 6.65. The fourth-order valence-electron chi connectivity index (χ4n) is 5.01. The molecule has 0 aliphatic carbocycles. The second-order valence-corrected chi connectivity index (χ2v) is 9.27. The fraction of sp³-hybridized carbons (Fsp3) is 0.310. The van der Waals surface area contributed by atoms with Crippen LogP contribution in [0.4, 0.5) is 5.69 Å². The van der Waals surface area contributed by atoms with Gasteiger partial charge in [0.1, 0.15) is 18.1 Å². The second kappa shape index (κ2) is 10.0. The van der Waals surface area contributed by atoms with E-state index >= 15 is 0 Å². The van der Waals surface area contributed by atoms with Crippen LogP contribution < -0.4 is 19.1 Å². The molecule has 2 amide bonds. The Bertz CT molecular complexity index is 1270. The van der Waals surface area contributed by atoms with E-state index in [1.807, 2.05) is 30.3 Å². The lowest BCUT2D eigenvalue weighted by Gasteiger charge is -2.26. The number of carbonyl (C=O) groups excluding carboxylic acids is 2. The van der Waals surface area contributed by atoms with Crippen molar-refractivity contribution in [2.45, 2.75) is 38.8 Å². The van der Waals surface area contributed by atoms with Crippen LogP contribution in [0.3, 0.4) is 0 Å². The first-order valence-electron chi connectivity index (χ1n) is 12.3. The first-order chi connectivity index (χ1) is 17.5. The van der Waals surface area contributed by atoms with E-state index in [4.69, 9.17) is 14.2 Å². The summed E-state index contributed by atoms with van der Waals surface area (Å²) in [5, 5.41) is 0. The molecule has 0 radical (unpaired) electrons. The normalized spacial score (nSPS) is 19.5. The zero-order chi connectivity index (χ0) is 25.2. The van der Waals surface area contributed by atoms with Crippen molar-refractivity contribution in [1.82, 2.24) is 4.90 Å². The van der Waals surface area contributed by atoms with Gasteiger partial charge < -0.3 is 14.2 Å². The van der Waals surface area contributed by atoms with Crippen molar-refractivity contribution < 1.29 is 23.8 Å². The number of carbonyl (C=O) groups is 2. The van der Waals surface area contributed by atoms with Crippen LogP contribution in [0.25, 0.3) is 0 Å². The topological polar surface area (TPSA) is 68.3 Å². The van der Waals surface area contributed by atoms with Crippen LogP contribution in [0.15, 0.2) is 66.7 Å². The number of para-hydroxylation sites is 1. The molecule has 2 atom stereocenters. The lowest BCUT2D eigenvalue weighted by Crippen LogP contribution is -2.36. The van der Waals surface area contributed by atoms with Crippen LogP contribution in [-0.4, -0.2) is 49.1 Å². The van der Waals surface area contributed by atoms with Gasteiger partial charge >= 0.3 is 0 Å². The number of hydrogen-bond acceptors (Lipinski definition) is 6. The number of anilines is 1. The van der Waals surface area contributed by atoms with E-state index in [0.29, 0.717) is 58.5 Å². The van der Waals surface area contributed by atoms with Gasteiger partial charge in [-0.05, 0) is 69.2 Å². The fourth-order valence-corrected chi connectivity index (χ4v) is 5.01. The predicted molar refractivity (Wildman–Crippen MR) is 137 cm³/mol. The van der Waals surface area contributed by atoms with E-state index in [9.17, 15) is 9.59 Å². The summed E-state index contributed by atoms with van der Waals surface area (Å²) in [7, 11) is 1.55. The minimum atomic E-state index is -0.402. The van der Waals surface area contributed by atoms with Crippen LogP contribution in [-0.2, 0) is 0 Å². The molecule has 36 heavy (non-hydrogen) atoms. The number of methoxy groups -OCH3 is 1. The van der Waals surface area contributed by atoms with Gasteiger partial charge in [-0.2, -0.15) is 0 Å². The van der Waals surface area contributed by atoms with Crippen LogP contribution in [0.1, 0.15) is 47.4 Å². The average molecular weight is 487 g/mol. The molecule has 7 heteroatoms. The minimum absolute atomic E-state index is 0.307. The molecule has 1 fully saturated rings. The molecule has 2 unspecified atom stereocenters. The highest BCUT2D eigenvalue weighted by atomic mass is 16.5. The van der Waals surface area contributed by atoms with Gasteiger partial charge in [-0.15, -0.1) is 0 Å². The van der Waals surface area contributed by atoms with Gasteiger partial charge in [0.15, 0.2) is 11.5 Å². The molecular formula is C29H30N2O5. The maximum Gasteiger partial charge on any atom is 0.266 e. The Balaban J connectivity index is 1.31. The monoisotopic (exact) mass is 486 g/mol. The summed E-state index contributed by atoms with van der Waals surface area (Å²) < 4.78 is 17.4. The van der Waals surface area contributed by atoms with E-state index in [2.05, 4.69) is 18.7 Å². The molecule has 3 aromatic carbocycles. The molecule has 0 saturated carbocycles. The van der Waals surface area contributed by atoms with Gasteiger partial charge in [0, 0.05) is 24.7 Å². The number of likely N-dealkylation sites (tertiary alicyclic amines) is 1. The number of nitrogens with zero attached hydrogens (tertiary/aromatic N) is 2. The van der Waals surface area contributed by atoms with Crippen molar-refractivity contribution in [3.63, 3.8) is 0 Å². The molecule has 0 spiro atoms. The first-order valence-corrected chi connectivity index (χ1v) is 12.3. The molecule has 0 bridgehead atoms. The summed E-state index contributed by atoms with van der Waals surface area (Å²) in [5.74, 6) is 1.41. The summed E-state index contributed by atoms with van der Waals surface area (Å²) in [5.41, 5.74) is 1.08. The zero-order valence-corrected chi connectivity index (χ0v) is 20.8. The molecule has 2 aliphatic heterocycles. The molecule has 0 aromatic heterocycles. The summed E-state index contributed by atoms with van der Waals surface area (Å²) in [4.78, 5) is 30.0. The zero-order valence-electron chi connectivity index (χ0n) is 20.8. The number of hydrogen-bond donors (Lipinski definition) is 0. The number of imide groups is 1. The lowest BCUT2D eigenvalue weighted by molar-refractivity contribution is 0.0926. The van der Waals surface area contributed by atoms with Crippen LogP contribution in [0, 0.1) is 0 Å². The third-order valence-corrected chi connectivity index (χ3v) is 6.98. The smallest absolute Gasteiger partial charge is 0.266 e. The summed E-state index contributed by atoms with van der Waals surface area (Å²) in [6.45, 7) is 5.86. The van der Waals surface area contributed by atoms with Gasteiger partial charge in [-0.1, -0.05) is 18.2 Å². The highest BCUT2D eigenvalue weighted by Crippen LogP contribution is 2.37. The number of benzene rings is 3. The molecular weight excluding hydrogens is 456 g/mol. The Morgan fingerprint density at radius 3 is 2.25 bits per heavy atom. The molecule has 3 aromatic rings. The van der Waals surface area contributed by atoms with Gasteiger partial charge in [0.05, 0.1) is 23.9 Å². The molecule has 5 rings (SSSR count). The molecule has 2 aliphatic rings. The van der Waals surface area contributed by atoms with E-state index in [0.717, 1.165) is 11.4 Å². The van der Waals surface area contributed by atoms with Crippen molar-refractivity contribution in [1.29, 1.82) is 0 Å². The Morgan fingerprint density at radius 2 is 1.53 bits per heavy atom. The van der Waals surface area contributed by atoms with Crippen molar-refractivity contribution >= 4 is 17.5 Å². The lowest BCUT2D eigenvalue weighted by atomic mass is 10.1.